The lowest BCUT2D eigenvalue weighted by molar-refractivity contribution is -0.105. The highest BCUT2D eigenvalue weighted by atomic mass is 32.2. The first-order valence-corrected chi connectivity index (χ1v) is 9.49. The van der Waals surface area contributed by atoms with Gasteiger partial charge in [-0.15, -0.1) is 11.8 Å². The molecule has 0 radical (unpaired) electrons. The van der Waals surface area contributed by atoms with Crippen LogP contribution in [0.15, 0.2) is 29.2 Å². The summed E-state index contributed by atoms with van der Waals surface area (Å²) in [7, 11) is 0. The van der Waals surface area contributed by atoms with Gasteiger partial charge < -0.3 is 15.6 Å². The average Bonchev–Trinajstić information content (AvgIpc) is 3.07. The lowest BCUT2D eigenvalue weighted by atomic mass is 10.0. The van der Waals surface area contributed by atoms with Gasteiger partial charge >= 0.3 is 0 Å². The van der Waals surface area contributed by atoms with Crippen LogP contribution in [0.25, 0.3) is 11.2 Å². The fraction of sp³-hybridized carbons (Fsp3) is 0.278. The summed E-state index contributed by atoms with van der Waals surface area (Å²) >= 11 is 1.58. The maximum Gasteiger partial charge on any atom is 0.295 e. The molecule has 27 heavy (non-hydrogen) atoms. The first-order chi connectivity index (χ1) is 12.9. The van der Waals surface area contributed by atoms with Crippen LogP contribution in [0.1, 0.15) is 37.6 Å². The maximum atomic E-state index is 13.0. The number of hydrogen-bond acceptors (Lipinski definition) is 5. The van der Waals surface area contributed by atoms with Gasteiger partial charge in [-0.1, -0.05) is 19.9 Å². The van der Waals surface area contributed by atoms with E-state index in [0.717, 1.165) is 10.6 Å². The second kappa shape index (κ2) is 7.91. The molecule has 1 aromatic carbocycles. The van der Waals surface area contributed by atoms with Crippen molar-refractivity contribution in [3.05, 3.63) is 35.7 Å². The molecule has 9 heteroatoms. The van der Waals surface area contributed by atoms with Gasteiger partial charge in [-0.2, -0.15) is 0 Å². The molecule has 0 saturated heterocycles. The molecule has 2 aromatic heterocycles. The van der Waals surface area contributed by atoms with E-state index in [9.17, 15) is 13.6 Å². The Bertz CT molecular complexity index is 974. The molecule has 0 saturated carbocycles. The van der Waals surface area contributed by atoms with E-state index in [0.29, 0.717) is 23.5 Å². The number of aromatic nitrogens is 3. The van der Waals surface area contributed by atoms with E-state index in [4.69, 9.17) is 0 Å². The summed E-state index contributed by atoms with van der Waals surface area (Å²) in [4.78, 5) is 22.3. The molecule has 6 nitrogen and oxygen atoms in total. The van der Waals surface area contributed by atoms with E-state index in [-0.39, 0.29) is 11.5 Å². The zero-order valence-electron chi connectivity index (χ0n) is 15.0. The minimum Gasteiger partial charge on any atom is -0.353 e. The number of thioether (sulfide) groups is 1. The summed E-state index contributed by atoms with van der Waals surface area (Å²) in [5, 5.41) is 5.69. The summed E-state index contributed by atoms with van der Waals surface area (Å²) in [6.07, 6.45) is -0.303. The highest BCUT2D eigenvalue weighted by molar-refractivity contribution is 7.98. The normalized spacial score (nSPS) is 11.4. The Kier molecular flexibility index (Phi) is 5.59. The molecule has 0 spiro atoms. The smallest absolute Gasteiger partial charge is 0.295 e. The van der Waals surface area contributed by atoms with Crippen LogP contribution in [0.4, 0.5) is 26.0 Å². The Morgan fingerprint density at radius 3 is 2.59 bits per heavy atom. The molecule has 0 unspecified atom stereocenters. The SMILES string of the molecule is CSc1cc(C(C)C)ccc1Nc1cc(NC=O)nc2nc(C(F)F)[nH]c12. The van der Waals surface area contributed by atoms with Crippen LogP contribution in [-0.4, -0.2) is 27.6 Å². The number of fused-ring (bicyclic) bond motifs is 1. The van der Waals surface area contributed by atoms with E-state index in [2.05, 4.69) is 45.5 Å². The van der Waals surface area contributed by atoms with Crippen molar-refractivity contribution in [3.8, 4) is 0 Å². The van der Waals surface area contributed by atoms with Crippen molar-refractivity contribution in [1.82, 2.24) is 15.0 Å². The minimum atomic E-state index is -2.75. The number of H-pyrrole nitrogens is 1. The second-order valence-corrected chi connectivity index (χ2v) is 7.03. The molecular formula is C18H19F2N5OS. The van der Waals surface area contributed by atoms with Crippen molar-refractivity contribution < 1.29 is 13.6 Å². The van der Waals surface area contributed by atoms with Gasteiger partial charge in [0.15, 0.2) is 11.5 Å². The maximum absolute atomic E-state index is 13.0. The summed E-state index contributed by atoms with van der Waals surface area (Å²) in [6, 6.07) is 7.64. The van der Waals surface area contributed by atoms with Crippen LogP contribution < -0.4 is 10.6 Å². The highest BCUT2D eigenvalue weighted by Crippen LogP contribution is 2.34. The number of benzene rings is 1. The molecule has 142 valence electrons. The van der Waals surface area contributed by atoms with Gasteiger partial charge in [0.2, 0.25) is 6.41 Å². The average molecular weight is 391 g/mol. The van der Waals surface area contributed by atoms with Gasteiger partial charge in [0.1, 0.15) is 11.3 Å². The van der Waals surface area contributed by atoms with Crippen molar-refractivity contribution in [2.24, 2.45) is 0 Å². The molecule has 0 aliphatic rings. The number of anilines is 3. The number of halogens is 2. The van der Waals surface area contributed by atoms with Gasteiger partial charge in [-0.25, -0.2) is 18.7 Å². The quantitative estimate of drug-likeness (QED) is 0.388. The number of carbonyl (C=O) groups excluding carboxylic acids is 1. The molecule has 3 rings (SSSR count). The predicted molar refractivity (Wildman–Crippen MR) is 104 cm³/mol. The third-order valence-electron chi connectivity index (χ3n) is 4.05. The highest BCUT2D eigenvalue weighted by Gasteiger charge is 2.17. The molecule has 3 N–H and O–H groups in total. The third kappa shape index (κ3) is 4.02. The van der Waals surface area contributed by atoms with Crippen molar-refractivity contribution >= 4 is 46.5 Å². The van der Waals surface area contributed by atoms with Crippen LogP contribution in [0.5, 0.6) is 0 Å². The Balaban J connectivity index is 2.08. The number of pyridine rings is 1. The zero-order valence-corrected chi connectivity index (χ0v) is 15.8. The molecule has 1 amide bonds. The molecule has 2 heterocycles. The number of imidazole rings is 1. The standard InChI is InChI=1S/C18H19F2N5OS/c1-9(2)10-4-5-11(13(6-10)27-3)22-12-7-14(21-8-26)23-17-15(12)24-18(25-17)16(19)20/h4-9,16H,1-3H3,(H3,21,22,23,24,25,26). The van der Waals surface area contributed by atoms with Crippen molar-refractivity contribution in [1.29, 1.82) is 0 Å². The Morgan fingerprint density at radius 1 is 1.19 bits per heavy atom. The molecule has 0 fully saturated rings. The number of nitrogens with one attached hydrogen (secondary N) is 3. The van der Waals surface area contributed by atoms with Crippen LogP contribution in [-0.2, 0) is 4.79 Å². The lowest BCUT2D eigenvalue weighted by Gasteiger charge is -2.15. The van der Waals surface area contributed by atoms with E-state index in [1.54, 1.807) is 17.8 Å². The van der Waals surface area contributed by atoms with E-state index >= 15 is 0 Å². The number of rotatable bonds is 7. The summed E-state index contributed by atoms with van der Waals surface area (Å²) in [6.45, 7) is 4.24. The number of alkyl halides is 2. The van der Waals surface area contributed by atoms with Crippen molar-refractivity contribution in [2.45, 2.75) is 31.1 Å². The number of carbonyl (C=O) groups is 1. The fourth-order valence-electron chi connectivity index (χ4n) is 2.66. The molecule has 3 aromatic rings. The van der Waals surface area contributed by atoms with Crippen LogP contribution in [0.2, 0.25) is 0 Å². The Hall–Kier alpha value is -2.68. The molecule has 0 aliphatic heterocycles. The summed E-state index contributed by atoms with van der Waals surface area (Å²) in [5.74, 6) is 0.142. The zero-order chi connectivity index (χ0) is 19.6. The molecule has 0 aliphatic carbocycles. The van der Waals surface area contributed by atoms with Gasteiger partial charge in [0, 0.05) is 11.0 Å². The topological polar surface area (TPSA) is 82.7 Å². The fourth-order valence-corrected chi connectivity index (χ4v) is 3.25. The first kappa shape index (κ1) is 19.1. The van der Waals surface area contributed by atoms with E-state index in [1.165, 1.54) is 5.56 Å². The lowest BCUT2D eigenvalue weighted by Crippen LogP contribution is -2.01. The summed E-state index contributed by atoms with van der Waals surface area (Å²) < 4.78 is 26.1. The number of amides is 1. The first-order valence-electron chi connectivity index (χ1n) is 8.27. The van der Waals surface area contributed by atoms with Crippen LogP contribution in [0, 0.1) is 0 Å². The van der Waals surface area contributed by atoms with Gasteiger partial charge in [0.25, 0.3) is 6.43 Å². The van der Waals surface area contributed by atoms with Gasteiger partial charge in [0.05, 0.1) is 11.4 Å². The number of nitrogens with zero attached hydrogens (tertiary/aromatic N) is 2. The third-order valence-corrected chi connectivity index (χ3v) is 4.83. The van der Waals surface area contributed by atoms with E-state index < -0.39 is 12.2 Å². The summed E-state index contributed by atoms with van der Waals surface area (Å²) in [5.41, 5.74) is 2.97. The van der Waals surface area contributed by atoms with Crippen molar-refractivity contribution in [2.75, 3.05) is 16.9 Å². The molecular weight excluding hydrogens is 372 g/mol. The largest absolute Gasteiger partial charge is 0.353 e. The number of hydrogen-bond donors (Lipinski definition) is 3. The number of aromatic amines is 1. The minimum absolute atomic E-state index is 0.101. The van der Waals surface area contributed by atoms with Crippen molar-refractivity contribution in [3.63, 3.8) is 0 Å². The van der Waals surface area contributed by atoms with Crippen LogP contribution >= 0.6 is 11.8 Å². The monoisotopic (exact) mass is 391 g/mol. The van der Waals surface area contributed by atoms with Gasteiger partial charge in [-0.05, 0) is 29.9 Å². The second-order valence-electron chi connectivity index (χ2n) is 6.18. The molecule has 0 bridgehead atoms. The predicted octanol–water partition coefficient (Wildman–Crippen LogP) is 5.05. The van der Waals surface area contributed by atoms with Crippen LogP contribution in [0.3, 0.4) is 0 Å². The van der Waals surface area contributed by atoms with Gasteiger partial charge in [-0.3, -0.25) is 4.79 Å². The molecule has 0 atom stereocenters. The Labute approximate surface area is 159 Å². The van der Waals surface area contributed by atoms with E-state index in [1.807, 2.05) is 18.4 Å². The Morgan fingerprint density at radius 2 is 1.96 bits per heavy atom.